The Hall–Kier alpha value is -1.83. The monoisotopic (exact) mass is 312 g/mol. The molecule has 0 amide bonds. The minimum atomic E-state index is -0.591. The van der Waals surface area contributed by atoms with E-state index in [1.54, 1.807) is 6.08 Å². The van der Waals surface area contributed by atoms with Crippen LogP contribution in [-0.4, -0.2) is 11.2 Å². The van der Waals surface area contributed by atoms with Gasteiger partial charge in [0.05, 0.1) is 6.10 Å². The number of aliphatic hydroxyl groups excluding tert-OH is 1. The molecule has 2 aromatic carbocycles. The van der Waals surface area contributed by atoms with Crippen LogP contribution in [0.4, 0.5) is 0 Å². The third kappa shape index (κ3) is 3.16. The summed E-state index contributed by atoms with van der Waals surface area (Å²) in [6, 6.07) is 17.7. The highest BCUT2D eigenvalue weighted by Gasteiger charge is 2.39. The van der Waals surface area contributed by atoms with Gasteiger partial charge in [-0.1, -0.05) is 66.2 Å². The molecule has 1 nitrogen and oxygen atoms in total. The molecule has 0 spiro atoms. The molecule has 0 saturated carbocycles. The quantitative estimate of drug-likeness (QED) is 0.702. The first-order chi connectivity index (χ1) is 10.6. The van der Waals surface area contributed by atoms with Crippen molar-refractivity contribution in [1.29, 1.82) is 0 Å². The van der Waals surface area contributed by atoms with Crippen LogP contribution in [0.25, 0.3) is 0 Å². The zero-order valence-electron chi connectivity index (χ0n) is 12.6. The molecule has 2 rings (SSSR count). The molecule has 0 aliphatic rings. The van der Waals surface area contributed by atoms with Gasteiger partial charge < -0.3 is 5.11 Å². The lowest BCUT2D eigenvalue weighted by Crippen LogP contribution is -2.40. The predicted octanol–water partition coefficient (Wildman–Crippen LogP) is 5.14. The van der Waals surface area contributed by atoms with Crippen molar-refractivity contribution in [3.05, 3.63) is 96.1 Å². The van der Waals surface area contributed by atoms with Gasteiger partial charge in [0.2, 0.25) is 0 Å². The van der Waals surface area contributed by atoms with E-state index in [1.807, 2.05) is 60.7 Å². The molecule has 114 valence electrons. The van der Waals surface area contributed by atoms with Crippen LogP contribution in [0, 0.1) is 0 Å². The van der Waals surface area contributed by atoms with E-state index in [0.29, 0.717) is 17.9 Å². The molecule has 2 atom stereocenters. The first-order valence-corrected chi connectivity index (χ1v) is 7.74. The van der Waals surface area contributed by atoms with Gasteiger partial charge in [-0.2, -0.15) is 0 Å². The highest BCUT2D eigenvalue weighted by Crippen LogP contribution is 2.41. The summed E-state index contributed by atoms with van der Waals surface area (Å²) in [7, 11) is 0. The van der Waals surface area contributed by atoms with E-state index in [0.717, 1.165) is 11.1 Å². The van der Waals surface area contributed by atoms with E-state index in [1.165, 1.54) is 0 Å². The second-order valence-electron chi connectivity index (χ2n) is 5.38. The minimum absolute atomic E-state index is 0.505. The Morgan fingerprint density at radius 1 is 0.955 bits per heavy atom. The number of allylic oxidation sites excluding steroid dienone is 1. The fraction of sp³-hybridized carbons (Fsp3) is 0.200. The summed E-state index contributed by atoms with van der Waals surface area (Å²) in [5.41, 5.74) is 1.53. The molecule has 0 radical (unpaired) electrons. The van der Waals surface area contributed by atoms with Crippen LogP contribution >= 0.6 is 11.6 Å². The maximum atomic E-state index is 10.9. The Bertz CT molecular complexity index is 618. The van der Waals surface area contributed by atoms with Crippen LogP contribution < -0.4 is 0 Å². The lowest BCUT2D eigenvalue weighted by molar-refractivity contribution is 0.105. The molecule has 0 aliphatic carbocycles. The first kappa shape index (κ1) is 16.5. The highest BCUT2D eigenvalue weighted by molar-refractivity contribution is 6.30. The topological polar surface area (TPSA) is 20.2 Å². The van der Waals surface area contributed by atoms with E-state index in [2.05, 4.69) is 13.2 Å². The van der Waals surface area contributed by atoms with Gasteiger partial charge in [-0.05, 0) is 36.1 Å². The summed E-state index contributed by atoms with van der Waals surface area (Å²) in [6.07, 6.45) is 4.15. The van der Waals surface area contributed by atoms with Crippen molar-refractivity contribution in [2.75, 3.05) is 0 Å². The Morgan fingerprint density at radius 3 is 2.09 bits per heavy atom. The third-order valence-corrected chi connectivity index (χ3v) is 4.33. The van der Waals surface area contributed by atoms with Crippen LogP contribution in [0.2, 0.25) is 5.02 Å². The van der Waals surface area contributed by atoms with Gasteiger partial charge in [-0.25, -0.2) is 0 Å². The normalized spacial score (nSPS) is 14.8. The van der Waals surface area contributed by atoms with E-state index in [4.69, 9.17) is 11.6 Å². The molecule has 2 aromatic rings. The summed E-state index contributed by atoms with van der Waals surface area (Å²) in [5.74, 6) is 0. The molecular formula is C20H21ClO. The van der Waals surface area contributed by atoms with Crippen LogP contribution in [0.1, 0.15) is 24.0 Å². The molecule has 0 fully saturated rings. The molecule has 1 N–H and O–H groups in total. The number of halogens is 1. The predicted molar refractivity (Wildman–Crippen MR) is 94.3 cm³/mol. The summed E-state index contributed by atoms with van der Waals surface area (Å²) in [6.45, 7) is 7.66. The van der Waals surface area contributed by atoms with Crippen molar-refractivity contribution >= 4 is 11.6 Å². The third-order valence-electron chi connectivity index (χ3n) is 4.07. The van der Waals surface area contributed by atoms with Crippen LogP contribution in [0.3, 0.4) is 0 Å². The fourth-order valence-electron chi connectivity index (χ4n) is 2.99. The molecule has 0 bridgehead atoms. The largest absolute Gasteiger partial charge is 0.392 e. The molecule has 2 heteroatoms. The summed E-state index contributed by atoms with van der Waals surface area (Å²) in [5, 5.41) is 11.6. The Morgan fingerprint density at radius 2 is 1.55 bits per heavy atom. The Balaban J connectivity index is 2.66. The Kier molecular flexibility index (Phi) is 5.59. The highest BCUT2D eigenvalue weighted by atomic mass is 35.5. The van der Waals surface area contributed by atoms with Crippen molar-refractivity contribution in [1.82, 2.24) is 0 Å². The van der Waals surface area contributed by atoms with Crippen molar-refractivity contribution in [3.63, 3.8) is 0 Å². The smallest absolute Gasteiger partial charge is 0.0714 e. The maximum absolute atomic E-state index is 10.9. The van der Waals surface area contributed by atoms with E-state index in [-0.39, 0.29) is 0 Å². The van der Waals surface area contributed by atoms with E-state index in [9.17, 15) is 5.11 Å². The first-order valence-electron chi connectivity index (χ1n) is 7.36. The van der Waals surface area contributed by atoms with E-state index >= 15 is 0 Å². The van der Waals surface area contributed by atoms with Gasteiger partial charge in [0, 0.05) is 10.4 Å². The molecule has 22 heavy (non-hydrogen) atoms. The summed E-state index contributed by atoms with van der Waals surface area (Å²) < 4.78 is 0. The number of aliphatic hydroxyl groups is 1. The molecular weight excluding hydrogens is 292 g/mol. The SMILES string of the molecule is C=CCC(O)C(CC=C)(c1ccccc1)c1ccc(Cl)cc1. The van der Waals surface area contributed by atoms with Crippen LogP contribution in [0.15, 0.2) is 79.9 Å². The number of rotatable bonds is 7. The van der Waals surface area contributed by atoms with Crippen molar-refractivity contribution in [3.8, 4) is 0 Å². The van der Waals surface area contributed by atoms with Crippen molar-refractivity contribution in [2.45, 2.75) is 24.4 Å². The second-order valence-corrected chi connectivity index (χ2v) is 5.81. The van der Waals surface area contributed by atoms with E-state index < -0.39 is 11.5 Å². The average Bonchev–Trinajstić information content (AvgIpc) is 2.54. The molecule has 2 unspecified atom stereocenters. The maximum Gasteiger partial charge on any atom is 0.0714 e. The molecule has 0 heterocycles. The van der Waals surface area contributed by atoms with Crippen LogP contribution in [-0.2, 0) is 5.41 Å². The van der Waals surface area contributed by atoms with Gasteiger partial charge >= 0.3 is 0 Å². The van der Waals surface area contributed by atoms with Crippen LogP contribution in [0.5, 0.6) is 0 Å². The fourth-order valence-corrected chi connectivity index (χ4v) is 3.12. The zero-order chi connectivity index (χ0) is 16.0. The summed E-state index contributed by atoms with van der Waals surface area (Å²) in [4.78, 5) is 0. The average molecular weight is 313 g/mol. The lowest BCUT2D eigenvalue weighted by atomic mass is 9.67. The number of hydrogen-bond acceptors (Lipinski definition) is 1. The van der Waals surface area contributed by atoms with Gasteiger partial charge in [0.1, 0.15) is 0 Å². The van der Waals surface area contributed by atoms with Crippen molar-refractivity contribution < 1.29 is 5.11 Å². The van der Waals surface area contributed by atoms with Gasteiger partial charge in [-0.3, -0.25) is 0 Å². The van der Waals surface area contributed by atoms with Gasteiger partial charge in [-0.15, -0.1) is 13.2 Å². The Labute approximate surface area is 137 Å². The molecule has 0 saturated heterocycles. The summed E-state index contributed by atoms with van der Waals surface area (Å²) >= 11 is 6.03. The number of hydrogen-bond donors (Lipinski definition) is 1. The zero-order valence-corrected chi connectivity index (χ0v) is 13.3. The molecule has 0 aliphatic heterocycles. The second kappa shape index (κ2) is 7.44. The number of benzene rings is 2. The van der Waals surface area contributed by atoms with Gasteiger partial charge in [0.25, 0.3) is 0 Å². The van der Waals surface area contributed by atoms with Gasteiger partial charge in [0.15, 0.2) is 0 Å². The lowest BCUT2D eigenvalue weighted by Gasteiger charge is -2.38. The standard InChI is InChI=1S/C20H21ClO/c1-3-8-19(22)20(15-4-2,16-9-6-5-7-10-16)17-11-13-18(21)14-12-17/h3-7,9-14,19,22H,1-2,8,15H2. The van der Waals surface area contributed by atoms with Crippen molar-refractivity contribution in [2.24, 2.45) is 0 Å². The minimum Gasteiger partial charge on any atom is -0.392 e. The molecule has 0 aromatic heterocycles.